The highest BCUT2D eigenvalue weighted by atomic mass is 127. The van der Waals surface area contributed by atoms with Crippen LogP contribution in [0.4, 0.5) is 0 Å². The molecule has 0 aliphatic carbocycles. The second kappa shape index (κ2) is 13.3. The fourth-order valence-corrected chi connectivity index (χ4v) is 3.91. The molecule has 2 N–H and O–H groups in total. The van der Waals surface area contributed by atoms with Gasteiger partial charge in [0.2, 0.25) is 0 Å². The number of hydrogen-bond donors (Lipinski definition) is 2. The number of aromatic nitrogens is 2. The monoisotopic (exact) mass is 575 g/mol. The van der Waals surface area contributed by atoms with Crippen LogP contribution in [0.2, 0.25) is 0 Å². The van der Waals surface area contributed by atoms with E-state index in [1.807, 2.05) is 16.9 Å². The van der Waals surface area contributed by atoms with Crippen molar-refractivity contribution in [3.63, 3.8) is 0 Å². The lowest BCUT2D eigenvalue weighted by Crippen LogP contribution is -2.36. The van der Waals surface area contributed by atoms with Gasteiger partial charge in [0.25, 0.3) is 0 Å². The van der Waals surface area contributed by atoms with Crippen LogP contribution in [0.3, 0.4) is 0 Å². The van der Waals surface area contributed by atoms with Gasteiger partial charge in [0.15, 0.2) is 5.96 Å². The number of nitrogens with one attached hydrogen (secondary N) is 2. The summed E-state index contributed by atoms with van der Waals surface area (Å²) in [5, 5.41) is 11.1. The Labute approximate surface area is 219 Å². The van der Waals surface area contributed by atoms with Crippen molar-refractivity contribution in [2.24, 2.45) is 4.99 Å². The molecule has 3 aromatic rings. The zero-order valence-electron chi connectivity index (χ0n) is 19.9. The highest BCUT2D eigenvalue weighted by Gasteiger charge is 2.17. The van der Waals surface area contributed by atoms with Crippen molar-refractivity contribution in [3.05, 3.63) is 83.2 Å². The number of benzene rings is 2. The van der Waals surface area contributed by atoms with Gasteiger partial charge in [-0.3, -0.25) is 9.67 Å². The summed E-state index contributed by atoms with van der Waals surface area (Å²) >= 11 is 0. The first-order chi connectivity index (χ1) is 16.2. The van der Waals surface area contributed by atoms with Crippen molar-refractivity contribution < 1.29 is 9.47 Å². The lowest BCUT2D eigenvalue weighted by atomic mass is 10.1. The van der Waals surface area contributed by atoms with Crippen LogP contribution in [0.25, 0.3) is 0 Å². The van der Waals surface area contributed by atoms with Crippen LogP contribution in [0.1, 0.15) is 35.1 Å². The van der Waals surface area contributed by atoms with Crippen molar-refractivity contribution in [2.75, 3.05) is 20.3 Å². The Morgan fingerprint density at radius 2 is 2.00 bits per heavy atom. The molecule has 0 bridgehead atoms. The van der Waals surface area contributed by atoms with Gasteiger partial charge in [-0.05, 0) is 48.6 Å². The maximum absolute atomic E-state index is 6.12. The molecule has 1 aliphatic heterocycles. The van der Waals surface area contributed by atoms with Crippen molar-refractivity contribution in [3.8, 4) is 5.75 Å². The molecule has 2 aromatic carbocycles. The Morgan fingerprint density at radius 3 is 2.76 bits per heavy atom. The summed E-state index contributed by atoms with van der Waals surface area (Å²) in [6, 6.07) is 16.8. The highest BCUT2D eigenvalue weighted by Crippen LogP contribution is 2.22. The molecule has 34 heavy (non-hydrogen) atoms. The summed E-state index contributed by atoms with van der Waals surface area (Å²) in [4.78, 5) is 4.38. The zero-order valence-corrected chi connectivity index (χ0v) is 22.2. The fourth-order valence-electron chi connectivity index (χ4n) is 3.91. The van der Waals surface area contributed by atoms with Gasteiger partial charge in [-0.1, -0.05) is 36.4 Å². The van der Waals surface area contributed by atoms with Crippen LogP contribution in [0.5, 0.6) is 5.75 Å². The molecule has 8 heteroatoms. The standard InChI is InChI=1S/C26H33N5O2.HI/c1-20-9-10-23(25(14-20)33-19-24-8-4-13-32-24)17-29-26(27-2)28-16-21-6-3-7-22(15-21)18-31-12-5-11-30-31;/h3,5-7,9-12,14-15,24H,4,8,13,16-19H2,1-2H3,(H2,27,28,29);1H. The topological polar surface area (TPSA) is 72.7 Å². The molecule has 1 saturated heterocycles. The SMILES string of the molecule is CN=C(NCc1cccc(Cn2cccn2)c1)NCc1ccc(C)cc1OCC1CCCO1.I. The number of aryl methyl sites for hydroxylation is 1. The van der Waals surface area contributed by atoms with Crippen LogP contribution < -0.4 is 15.4 Å². The van der Waals surface area contributed by atoms with Crippen molar-refractivity contribution in [2.45, 2.75) is 45.5 Å². The molecular weight excluding hydrogens is 541 g/mol. The molecule has 1 aliphatic rings. The van der Waals surface area contributed by atoms with Crippen molar-refractivity contribution >= 4 is 29.9 Å². The summed E-state index contributed by atoms with van der Waals surface area (Å²) in [5.74, 6) is 1.65. The molecule has 0 radical (unpaired) electrons. The van der Waals surface area contributed by atoms with Crippen LogP contribution in [0, 0.1) is 6.92 Å². The van der Waals surface area contributed by atoms with E-state index in [-0.39, 0.29) is 30.1 Å². The average molecular weight is 575 g/mol. The number of aliphatic imine (C=N–C) groups is 1. The lowest BCUT2D eigenvalue weighted by Gasteiger charge is -2.17. The van der Waals surface area contributed by atoms with Crippen LogP contribution in [-0.2, 0) is 24.4 Å². The van der Waals surface area contributed by atoms with Gasteiger partial charge in [0.1, 0.15) is 12.4 Å². The number of nitrogens with zero attached hydrogens (tertiary/aromatic N) is 3. The summed E-state index contributed by atoms with van der Waals surface area (Å²) in [7, 11) is 1.79. The number of rotatable bonds is 9. The van der Waals surface area contributed by atoms with Gasteiger partial charge in [-0.2, -0.15) is 5.10 Å². The largest absolute Gasteiger partial charge is 0.491 e. The fraction of sp³-hybridized carbons (Fsp3) is 0.385. The maximum Gasteiger partial charge on any atom is 0.191 e. The first-order valence-corrected chi connectivity index (χ1v) is 11.5. The van der Waals surface area contributed by atoms with Gasteiger partial charge in [-0.25, -0.2) is 0 Å². The second-order valence-electron chi connectivity index (χ2n) is 8.36. The summed E-state index contributed by atoms with van der Waals surface area (Å²) in [5.41, 5.74) is 4.69. The molecule has 0 spiro atoms. The van der Waals surface area contributed by atoms with E-state index in [1.165, 1.54) is 16.7 Å². The first-order valence-electron chi connectivity index (χ1n) is 11.5. The third-order valence-electron chi connectivity index (χ3n) is 5.70. The van der Waals surface area contributed by atoms with E-state index in [4.69, 9.17) is 9.47 Å². The van der Waals surface area contributed by atoms with Crippen LogP contribution in [-0.4, -0.2) is 42.1 Å². The minimum atomic E-state index is 0. The average Bonchev–Trinajstić information content (AvgIpc) is 3.53. The molecule has 1 unspecified atom stereocenters. The Morgan fingerprint density at radius 1 is 1.15 bits per heavy atom. The van der Waals surface area contributed by atoms with Gasteiger partial charge in [0, 0.05) is 44.7 Å². The quantitative estimate of drug-likeness (QED) is 0.227. The molecule has 0 amide bonds. The molecule has 0 saturated carbocycles. The Hall–Kier alpha value is -2.59. The number of guanidine groups is 1. The molecule has 1 fully saturated rings. The van der Waals surface area contributed by atoms with Crippen molar-refractivity contribution in [1.29, 1.82) is 0 Å². The van der Waals surface area contributed by atoms with Gasteiger partial charge < -0.3 is 20.1 Å². The molecular formula is C26H34IN5O2. The summed E-state index contributed by atoms with van der Waals surface area (Å²) in [6.45, 7) is 5.58. The third-order valence-corrected chi connectivity index (χ3v) is 5.70. The minimum absolute atomic E-state index is 0. The van der Waals surface area contributed by atoms with Gasteiger partial charge in [0.05, 0.1) is 12.6 Å². The predicted molar refractivity (Wildman–Crippen MR) is 146 cm³/mol. The summed E-state index contributed by atoms with van der Waals surface area (Å²) < 4.78 is 13.7. The Kier molecular flexibility index (Phi) is 10.2. The van der Waals surface area contributed by atoms with E-state index in [1.54, 1.807) is 13.2 Å². The molecule has 1 aromatic heterocycles. The molecule has 2 heterocycles. The third kappa shape index (κ3) is 7.73. The predicted octanol–water partition coefficient (Wildman–Crippen LogP) is 4.28. The molecule has 1 atom stereocenters. The van der Waals surface area contributed by atoms with E-state index in [0.717, 1.165) is 43.3 Å². The highest BCUT2D eigenvalue weighted by molar-refractivity contribution is 14.0. The van der Waals surface area contributed by atoms with Gasteiger partial charge in [-0.15, -0.1) is 24.0 Å². The second-order valence-corrected chi connectivity index (χ2v) is 8.36. The molecule has 7 nitrogen and oxygen atoms in total. The molecule has 4 rings (SSSR count). The normalized spacial score (nSPS) is 15.6. The van der Waals surface area contributed by atoms with Crippen LogP contribution in [0.15, 0.2) is 65.9 Å². The number of ether oxygens (including phenoxy) is 2. The van der Waals surface area contributed by atoms with E-state index >= 15 is 0 Å². The smallest absolute Gasteiger partial charge is 0.191 e. The van der Waals surface area contributed by atoms with E-state index in [0.29, 0.717) is 19.7 Å². The maximum atomic E-state index is 6.12. The van der Waals surface area contributed by atoms with E-state index in [2.05, 4.69) is 70.1 Å². The number of halogens is 1. The lowest BCUT2D eigenvalue weighted by molar-refractivity contribution is 0.0676. The zero-order chi connectivity index (χ0) is 22.9. The Balaban J connectivity index is 0.00000324. The van der Waals surface area contributed by atoms with Crippen LogP contribution >= 0.6 is 24.0 Å². The van der Waals surface area contributed by atoms with Gasteiger partial charge >= 0.3 is 0 Å². The van der Waals surface area contributed by atoms with E-state index < -0.39 is 0 Å². The van der Waals surface area contributed by atoms with Crippen molar-refractivity contribution in [1.82, 2.24) is 20.4 Å². The minimum Gasteiger partial charge on any atom is -0.491 e. The number of hydrogen-bond acceptors (Lipinski definition) is 4. The van der Waals surface area contributed by atoms with E-state index in [9.17, 15) is 0 Å². The molecule has 182 valence electrons. The Bertz CT molecular complexity index is 1050. The first kappa shape index (κ1) is 26.0. The summed E-state index contributed by atoms with van der Waals surface area (Å²) in [6.07, 6.45) is 6.16.